The molecule has 0 saturated carbocycles. The Balaban J connectivity index is 2.65. The van der Waals surface area contributed by atoms with Crippen LogP contribution in [0.1, 0.15) is 18.0 Å². The Hall–Kier alpha value is -0.620. The van der Waals surface area contributed by atoms with Crippen LogP contribution in [0.25, 0.3) is 0 Å². The number of hydrogen-bond donors (Lipinski definition) is 1. The molecule has 0 aliphatic carbocycles. The average molecular weight is 305 g/mol. The maximum absolute atomic E-state index is 11.0. The molecule has 1 aromatic carbocycles. The maximum atomic E-state index is 11.0. The summed E-state index contributed by atoms with van der Waals surface area (Å²) in [6.07, 6.45) is 0.219. The van der Waals surface area contributed by atoms with E-state index in [1.165, 1.54) is 7.11 Å². The Morgan fingerprint density at radius 3 is 2.57 bits per heavy atom. The van der Waals surface area contributed by atoms with Gasteiger partial charge >= 0.3 is 5.97 Å². The van der Waals surface area contributed by atoms with Crippen LogP contribution in [0.3, 0.4) is 0 Å². The van der Waals surface area contributed by atoms with Gasteiger partial charge in [0.05, 0.1) is 13.5 Å². The van der Waals surface area contributed by atoms with E-state index in [0.717, 1.165) is 9.13 Å². The lowest BCUT2D eigenvalue weighted by Gasteiger charge is -2.10. The van der Waals surface area contributed by atoms with E-state index in [1.807, 2.05) is 24.3 Å². The van der Waals surface area contributed by atoms with Crippen molar-refractivity contribution in [3.05, 3.63) is 33.4 Å². The Labute approximate surface area is 96.8 Å². The highest BCUT2D eigenvalue weighted by Gasteiger charge is 2.11. The molecule has 4 heteroatoms. The fourth-order valence-electron chi connectivity index (χ4n) is 1.09. The van der Waals surface area contributed by atoms with E-state index in [1.54, 1.807) is 0 Å². The van der Waals surface area contributed by atoms with E-state index in [0.29, 0.717) is 0 Å². The van der Waals surface area contributed by atoms with Gasteiger partial charge in [-0.3, -0.25) is 4.79 Å². The summed E-state index contributed by atoms with van der Waals surface area (Å²) in [5, 5.41) is 0. The predicted octanol–water partition coefficient (Wildman–Crippen LogP) is 1.85. The Morgan fingerprint density at radius 1 is 1.50 bits per heavy atom. The van der Waals surface area contributed by atoms with Crippen molar-refractivity contribution < 1.29 is 9.53 Å². The number of methoxy groups -OCH3 is 1. The van der Waals surface area contributed by atoms with Crippen molar-refractivity contribution >= 4 is 28.6 Å². The van der Waals surface area contributed by atoms with Gasteiger partial charge in [-0.05, 0) is 40.3 Å². The van der Waals surface area contributed by atoms with Crippen LogP contribution in [0.4, 0.5) is 0 Å². The molecule has 0 aliphatic rings. The van der Waals surface area contributed by atoms with Gasteiger partial charge in [0.2, 0.25) is 0 Å². The SMILES string of the molecule is COC(=O)C[C@@H](N)c1ccc(I)cc1. The molecule has 0 amide bonds. The normalized spacial score (nSPS) is 12.2. The van der Waals surface area contributed by atoms with Gasteiger partial charge in [-0.25, -0.2) is 0 Å². The van der Waals surface area contributed by atoms with Crippen LogP contribution in [-0.4, -0.2) is 13.1 Å². The second kappa shape index (κ2) is 5.31. The molecule has 1 atom stereocenters. The second-order valence-electron chi connectivity index (χ2n) is 2.94. The molecule has 0 bridgehead atoms. The van der Waals surface area contributed by atoms with Gasteiger partial charge in [-0.1, -0.05) is 12.1 Å². The maximum Gasteiger partial charge on any atom is 0.307 e. The number of esters is 1. The van der Waals surface area contributed by atoms with E-state index in [2.05, 4.69) is 27.3 Å². The molecule has 3 nitrogen and oxygen atoms in total. The van der Waals surface area contributed by atoms with Gasteiger partial charge in [-0.2, -0.15) is 0 Å². The summed E-state index contributed by atoms with van der Waals surface area (Å²) in [5.41, 5.74) is 6.77. The summed E-state index contributed by atoms with van der Waals surface area (Å²) in [6, 6.07) is 7.50. The van der Waals surface area contributed by atoms with Gasteiger partial charge < -0.3 is 10.5 Å². The van der Waals surface area contributed by atoms with Crippen molar-refractivity contribution in [2.24, 2.45) is 5.73 Å². The fourth-order valence-corrected chi connectivity index (χ4v) is 1.45. The van der Waals surface area contributed by atoms with E-state index in [9.17, 15) is 4.79 Å². The highest BCUT2D eigenvalue weighted by Crippen LogP contribution is 2.15. The molecule has 0 heterocycles. The molecule has 0 aliphatic heterocycles. The van der Waals surface area contributed by atoms with Crippen LogP contribution in [0.2, 0.25) is 0 Å². The molecule has 14 heavy (non-hydrogen) atoms. The quantitative estimate of drug-likeness (QED) is 0.685. The summed E-state index contributed by atoms with van der Waals surface area (Å²) in [6.45, 7) is 0. The minimum absolute atomic E-state index is 0.219. The molecule has 0 fully saturated rings. The van der Waals surface area contributed by atoms with Crippen LogP contribution in [0, 0.1) is 3.57 Å². The van der Waals surface area contributed by atoms with E-state index < -0.39 is 0 Å². The third-order valence-corrected chi connectivity index (χ3v) is 2.63. The first kappa shape index (κ1) is 11.5. The highest BCUT2D eigenvalue weighted by molar-refractivity contribution is 14.1. The summed E-state index contributed by atoms with van der Waals surface area (Å²) in [4.78, 5) is 11.0. The Bertz CT molecular complexity index is 310. The third kappa shape index (κ3) is 3.26. The molecular weight excluding hydrogens is 293 g/mol. The number of carbonyl (C=O) groups is 1. The summed E-state index contributed by atoms with van der Waals surface area (Å²) in [7, 11) is 1.36. The van der Waals surface area contributed by atoms with Crippen molar-refractivity contribution in [3.63, 3.8) is 0 Å². The molecule has 0 unspecified atom stereocenters. The number of carbonyl (C=O) groups excluding carboxylic acids is 1. The summed E-state index contributed by atoms with van der Waals surface area (Å²) >= 11 is 2.22. The summed E-state index contributed by atoms with van der Waals surface area (Å²) < 4.78 is 5.70. The molecule has 0 aromatic heterocycles. The van der Waals surface area contributed by atoms with E-state index >= 15 is 0 Å². The zero-order chi connectivity index (χ0) is 10.6. The first-order valence-corrected chi connectivity index (χ1v) is 5.29. The second-order valence-corrected chi connectivity index (χ2v) is 4.18. The molecular formula is C10H12INO2. The minimum Gasteiger partial charge on any atom is -0.469 e. The lowest BCUT2D eigenvalue weighted by molar-refractivity contribution is -0.141. The zero-order valence-corrected chi connectivity index (χ0v) is 10.0. The van der Waals surface area contributed by atoms with Crippen molar-refractivity contribution in [2.75, 3.05) is 7.11 Å². The molecule has 2 N–H and O–H groups in total. The average Bonchev–Trinajstić information content (AvgIpc) is 2.18. The van der Waals surface area contributed by atoms with Crippen molar-refractivity contribution in [1.82, 2.24) is 0 Å². The first-order valence-electron chi connectivity index (χ1n) is 4.21. The Kier molecular flexibility index (Phi) is 4.34. The lowest BCUT2D eigenvalue weighted by Crippen LogP contribution is -2.16. The predicted molar refractivity (Wildman–Crippen MR) is 62.7 cm³/mol. The van der Waals surface area contributed by atoms with Crippen molar-refractivity contribution in [2.45, 2.75) is 12.5 Å². The standard InChI is InChI=1S/C10H12INO2/c1-14-10(13)6-9(12)7-2-4-8(11)5-3-7/h2-5,9H,6,12H2,1H3/t9-/m1/s1. The number of hydrogen-bond acceptors (Lipinski definition) is 3. The van der Waals surface area contributed by atoms with Crippen LogP contribution in [0.5, 0.6) is 0 Å². The van der Waals surface area contributed by atoms with Crippen molar-refractivity contribution in [1.29, 1.82) is 0 Å². The molecule has 0 saturated heterocycles. The molecule has 0 radical (unpaired) electrons. The van der Waals surface area contributed by atoms with E-state index in [-0.39, 0.29) is 18.4 Å². The lowest BCUT2D eigenvalue weighted by atomic mass is 10.1. The van der Waals surface area contributed by atoms with Gasteiger partial charge in [0.15, 0.2) is 0 Å². The highest BCUT2D eigenvalue weighted by atomic mass is 127. The number of nitrogens with two attached hydrogens (primary N) is 1. The number of ether oxygens (including phenoxy) is 1. The molecule has 1 rings (SSSR count). The number of rotatable bonds is 3. The van der Waals surface area contributed by atoms with Crippen LogP contribution >= 0.6 is 22.6 Å². The van der Waals surface area contributed by atoms with Gasteiger partial charge in [-0.15, -0.1) is 0 Å². The van der Waals surface area contributed by atoms with Crippen LogP contribution < -0.4 is 5.73 Å². The minimum atomic E-state index is -0.281. The van der Waals surface area contributed by atoms with Gasteiger partial charge in [0.25, 0.3) is 0 Å². The van der Waals surface area contributed by atoms with Crippen LogP contribution in [0.15, 0.2) is 24.3 Å². The smallest absolute Gasteiger partial charge is 0.307 e. The molecule has 1 aromatic rings. The van der Waals surface area contributed by atoms with Crippen LogP contribution in [-0.2, 0) is 9.53 Å². The molecule has 76 valence electrons. The zero-order valence-electron chi connectivity index (χ0n) is 7.87. The molecule has 0 spiro atoms. The van der Waals surface area contributed by atoms with Gasteiger partial charge in [0.1, 0.15) is 0 Å². The number of benzene rings is 1. The summed E-state index contributed by atoms with van der Waals surface area (Å²) in [5.74, 6) is -0.281. The Morgan fingerprint density at radius 2 is 2.07 bits per heavy atom. The fraction of sp³-hybridized carbons (Fsp3) is 0.300. The monoisotopic (exact) mass is 305 g/mol. The first-order chi connectivity index (χ1) is 6.63. The van der Waals surface area contributed by atoms with Gasteiger partial charge in [0, 0.05) is 9.61 Å². The third-order valence-electron chi connectivity index (χ3n) is 1.91. The number of halogens is 1. The van der Waals surface area contributed by atoms with E-state index in [4.69, 9.17) is 5.73 Å². The largest absolute Gasteiger partial charge is 0.469 e. The topological polar surface area (TPSA) is 52.3 Å². The van der Waals surface area contributed by atoms with Crippen molar-refractivity contribution in [3.8, 4) is 0 Å².